The Kier molecular flexibility index (Phi) is 3.42. The molecule has 6 nitrogen and oxygen atoms in total. The number of fused-ring (bicyclic) bond motifs is 1. The van der Waals surface area contributed by atoms with E-state index in [1.165, 1.54) is 18.4 Å². The summed E-state index contributed by atoms with van der Waals surface area (Å²) in [5.74, 6) is -0.833. The first-order valence-electron chi connectivity index (χ1n) is 5.11. The van der Waals surface area contributed by atoms with Gasteiger partial charge in [0.15, 0.2) is 5.13 Å². The number of carbonyl (C=O) groups excluding carboxylic acids is 2. The molecule has 0 spiro atoms. The Bertz CT molecular complexity index is 609. The highest BCUT2D eigenvalue weighted by molar-refractivity contribution is 7.22. The van der Waals surface area contributed by atoms with Gasteiger partial charge in [-0.2, -0.15) is 0 Å². The molecule has 0 atom stereocenters. The van der Waals surface area contributed by atoms with Crippen molar-refractivity contribution in [2.45, 2.75) is 0 Å². The highest BCUT2D eigenvalue weighted by Crippen LogP contribution is 2.24. The van der Waals surface area contributed by atoms with Gasteiger partial charge in [-0.15, -0.1) is 0 Å². The maximum atomic E-state index is 11.7. The molecule has 18 heavy (non-hydrogen) atoms. The highest BCUT2D eigenvalue weighted by Gasteiger charge is 2.10. The van der Waals surface area contributed by atoms with Crippen LogP contribution in [0.5, 0.6) is 0 Å². The van der Waals surface area contributed by atoms with Crippen molar-refractivity contribution < 1.29 is 14.3 Å². The van der Waals surface area contributed by atoms with E-state index in [0.717, 1.165) is 10.2 Å². The van der Waals surface area contributed by atoms with E-state index in [9.17, 15) is 9.59 Å². The lowest BCUT2D eigenvalue weighted by molar-refractivity contribution is -0.139. The summed E-state index contributed by atoms with van der Waals surface area (Å²) < 4.78 is 5.26. The lowest BCUT2D eigenvalue weighted by Crippen LogP contribution is -2.30. The SMILES string of the molecule is COC(=O)CNC(=O)c1ccc2nc(N)sc2c1. The number of amides is 1. The van der Waals surface area contributed by atoms with Crippen LogP contribution in [0.15, 0.2) is 18.2 Å². The molecule has 0 saturated heterocycles. The number of anilines is 1. The number of carbonyl (C=O) groups is 2. The summed E-state index contributed by atoms with van der Waals surface area (Å²) >= 11 is 1.31. The van der Waals surface area contributed by atoms with Gasteiger partial charge in [-0.3, -0.25) is 9.59 Å². The Morgan fingerprint density at radius 3 is 3.00 bits per heavy atom. The number of rotatable bonds is 3. The fourth-order valence-corrected chi connectivity index (χ4v) is 2.18. The van der Waals surface area contributed by atoms with Crippen LogP contribution in [0.3, 0.4) is 0 Å². The van der Waals surface area contributed by atoms with Crippen molar-refractivity contribution in [2.24, 2.45) is 0 Å². The Morgan fingerprint density at radius 1 is 1.50 bits per heavy atom. The highest BCUT2D eigenvalue weighted by atomic mass is 32.1. The molecule has 0 unspecified atom stereocenters. The van der Waals surface area contributed by atoms with Gasteiger partial charge in [0.1, 0.15) is 6.54 Å². The molecule has 7 heteroatoms. The number of benzene rings is 1. The topological polar surface area (TPSA) is 94.3 Å². The van der Waals surface area contributed by atoms with Gasteiger partial charge < -0.3 is 15.8 Å². The van der Waals surface area contributed by atoms with Crippen LogP contribution in [0, 0.1) is 0 Å². The Morgan fingerprint density at radius 2 is 2.28 bits per heavy atom. The van der Waals surface area contributed by atoms with Gasteiger partial charge in [0, 0.05) is 5.56 Å². The average Bonchev–Trinajstić information content (AvgIpc) is 2.74. The zero-order valence-electron chi connectivity index (χ0n) is 9.60. The fraction of sp³-hybridized carbons (Fsp3) is 0.182. The van der Waals surface area contributed by atoms with Crippen LogP contribution in [0.1, 0.15) is 10.4 Å². The summed E-state index contributed by atoms with van der Waals surface area (Å²) in [6.07, 6.45) is 0. The minimum Gasteiger partial charge on any atom is -0.468 e. The molecule has 0 aliphatic heterocycles. The van der Waals surface area contributed by atoms with Gasteiger partial charge in [-0.05, 0) is 18.2 Å². The van der Waals surface area contributed by atoms with Gasteiger partial charge >= 0.3 is 5.97 Å². The van der Waals surface area contributed by atoms with Crippen LogP contribution in [0.2, 0.25) is 0 Å². The largest absolute Gasteiger partial charge is 0.468 e. The molecule has 2 aromatic rings. The molecule has 1 aromatic heterocycles. The van der Waals surface area contributed by atoms with Crippen molar-refractivity contribution in [3.8, 4) is 0 Å². The Hall–Kier alpha value is -2.15. The van der Waals surface area contributed by atoms with Crippen molar-refractivity contribution in [3.63, 3.8) is 0 Å². The summed E-state index contributed by atoms with van der Waals surface area (Å²) in [7, 11) is 1.26. The predicted octanol–water partition coefficient (Wildman–Crippen LogP) is 0.781. The van der Waals surface area contributed by atoms with E-state index in [1.807, 2.05) is 0 Å². The fourth-order valence-electron chi connectivity index (χ4n) is 1.41. The van der Waals surface area contributed by atoms with Crippen molar-refractivity contribution in [1.82, 2.24) is 10.3 Å². The first-order valence-corrected chi connectivity index (χ1v) is 5.93. The first-order chi connectivity index (χ1) is 8.60. The summed E-state index contributed by atoms with van der Waals surface area (Å²) in [5, 5.41) is 2.92. The number of nitrogen functional groups attached to an aromatic ring is 1. The number of esters is 1. The number of nitrogens with two attached hydrogens (primary N) is 1. The average molecular weight is 265 g/mol. The molecule has 0 fully saturated rings. The minimum atomic E-state index is -0.494. The quantitative estimate of drug-likeness (QED) is 0.800. The molecule has 0 radical (unpaired) electrons. The predicted molar refractivity (Wildman–Crippen MR) is 68.4 cm³/mol. The normalized spacial score (nSPS) is 10.3. The molecule has 1 heterocycles. The van der Waals surface area contributed by atoms with Crippen LogP contribution in [-0.4, -0.2) is 30.5 Å². The third-order valence-corrected chi connectivity index (χ3v) is 3.14. The number of ether oxygens (including phenoxy) is 1. The summed E-state index contributed by atoms with van der Waals surface area (Å²) in [6, 6.07) is 5.04. The van der Waals surface area contributed by atoms with E-state index in [0.29, 0.717) is 10.7 Å². The molecule has 1 amide bonds. The standard InChI is InChI=1S/C11H11N3O3S/c1-17-9(15)5-13-10(16)6-2-3-7-8(4-6)18-11(12)14-7/h2-4H,5H2,1H3,(H2,12,14)(H,13,16). The molecular weight excluding hydrogens is 254 g/mol. The van der Waals surface area contributed by atoms with Gasteiger partial charge in [-0.25, -0.2) is 4.98 Å². The third kappa shape index (κ3) is 2.57. The number of nitrogens with zero attached hydrogens (tertiary/aromatic N) is 1. The van der Waals surface area contributed by atoms with Crippen molar-refractivity contribution in [2.75, 3.05) is 19.4 Å². The zero-order chi connectivity index (χ0) is 13.1. The second-order valence-electron chi connectivity index (χ2n) is 3.49. The van der Waals surface area contributed by atoms with Crippen LogP contribution in [0.25, 0.3) is 10.2 Å². The summed E-state index contributed by atoms with van der Waals surface area (Å²) in [4.78, 5) is 26.7. The minimum absolute atomic E-state index is 0.155. The molecule has 0 saturated carbocycles. The Labute approximate surface area is 107 Å². The number of hydrogen-bond acceptors (Lipinski definition) is 6. The van der Waals surface area contributed by atoms with Crippen molar-refractivity contribution in [3.05, 3.63) is 23.8 Å². The molecule has 0 bridgehead atoms. The number of thiazole rings is 1. The Balaban J connectivity index is 2.15. The van der Waals surface area contributed by atoms with Gasteiger partial charge in [0.2, 0.25) is 0 Å². The smallest absolute Gasteiger partial charge is 0.325 e. The van der Waals surface area contributed by atoms with Crippen LogP contribution in [0.4, 0.5) is 5.13 Å². The van der Waals surface area contributed by atoms with E-state index < -0.39 is 5.97 Å². The molecule has 0 aliphatic rings. The van der Waals surface area contributed by atoms with Crippen LogP contribution >= 0.6 is 11.3 Å². The van der Waals surface area contributed by atoms with E-state index >= 15 is 0 Å². The second kappa shape index (κ2) is 5.01. The number of aromatic nitrogens is 1. The molecule has 3 N–H and O–H groups in total. The maximum Gasteiger partial charge on any atom is 0.325 e. The van der Waals surface area contributed by atoms with Crippen LogP contribution < -0.4 is 11.1 Å². The van der Waals surface area contributed by atoms with E-state index in [1.54, 1.807) is 18.2 Å². The summed E-state index contributed by atoms with van der Waals surface area (Å²) in [5.41, 5.74) is 6.78. The lowest BCUT2D eigenvalue weighted by atomic mass is 10.2. The monoisotopic (exact) mass is 265 g/mol. The number of hydrogen-bond donors (Lipinski definition) is 2. The second-order valence-corrected chi connectivity index (χ2v) is 4.56. The van der Waals surface area contributed by atoms with Crippen molar-refractivity contribution in [1.29, 1.82) is 0 Å². The van der Waals surface area contributed by atoms with Crippen LogP contribution in [-0.2, 0) is 9.53 Å². The number of methoxy groups -OCH3 is 1. The van der Waals surface area contributed by atoms with E-state index in [4.69, 9.17) is 5.73 Å². The first kappa shape index (κ1) is 12.3. The maximum absolute atomic E-state index is 11.7. The zero-order valence-corrected chi connectivity index (χ0v) is 10.4. The molecule has 0 aliphatic carbocycles. The molecule has 94 valence electrons. The van der Waals surface area contributed by atoms with Gasteiger partial charge in [-0.1, -0.05) is 11.3 Å². The molecule has 2 rings (SSSR count). The van der Waals surface area contributed by atoms with Gasteiger partial charge in [0.25, 0.3) is 5.91 Å². The molecular formula is C11H11N3O3S. The third-order valence-electron chi connectivity index (χ3n) is 2.29. The lowest BCUT2D eigenvalue weighted by Gasteiger charge is -2.03. The molecule has 1 aromatic carbocycles. The van der Waals surface area contributed by atoms with E-state index in [-0.39, 0.29) is 12.5 Å². The summed E-state index contributed by atoms with van der Waals surface area (Å²) in [6.45, 7) is -0.155. The van der Waals surface area contributed by atoms with E-state index in [2.05, 4.69) is 15.0 Å². The van der Waals surface area contributed by atoms with Crippen molar-refractivity contribution >= 4 is 38.6 Å². The van der Waals surface area contributed by atoms with Gasteiger partial charge in [0.05, 0.1) is 17.3 Å². The number of nitrogens with one attached hydrogen (secondary N) is 1.